The highest BCUT2D eigenvalue weighted by molar-refractivity contribution is 6.30. The molecule has 0 radical (unpaired) electrons. The number of hydrogen-bond acceptors (Lipinski definition) is 7. The number of carbonyl (C=O) groups is 4. The fourth-order valence-electron chi connectivity index (χ4n) is 4.34. The number of fused-ring (bicyclic) bond motifs is 1. The van der Waals surface area contributed by atoms with Gasteiger partial charge in [0.25, 0.3) is 5.91 Å². The van der Waals surface area contributed by atoms with E-state index in [1.807, 2.05) is 13.8 Å². The molecule has 214 valence electrons. The molecule has 0 spiro atoms. The molecule has 0 aliphatic rings. The lowest BCUT2D eigenvalue weighted by atomic mass is 10.1. The summed E-state index contributed by atoms with van der Waals surface area (Å²) in [4.78, 5) is 50.9. The molecule has 1 aromatic heterocycles. The summed E-state index contributed by atoms with van der Waals surface area (Å²) in [6, 6.07) is 11.4. The lowest BCUT2D eigenvalue weighted by Crippen LogP contribution is -2.25. The van der Waals surface area contributed by atoms with Crippen LogP contribution in [0.1, 0.15) is 81.9 Å². The summed E-state index contributed by atoms with van der Waals surface area (Å²) in [6.07, 6.45) is 0.927. The highest BCUT2D eigenvalue weighted by atomic mass is 35.5. The lowest BCUT2D eigenvalue weighted by Gasteiger charge is -2.19. The summed E-state index contributed by atoms with van der Waals surface area (Å²) in [7, 11) is 0. The van der Waals surface area contributed by atoms with E-state index >= 15 is 0 Å². The quantitative estimate of drug-likeness (QED) is 0.200. The first kappa shape index (κ1) is 30.9. The Labute approximate surface area is 239 Å². The molecule has 3 aromatic rings. The SMILES string of the molecule is CCC(CC)OC(=O)CCC(=O)Oc1ccc2c(c1)c(CC(=O)OC(C)(C)C)c(C)n2C(=O)c1ccc(Cl)cc1. The summed E-state index contributed by atoms with van der Waals surface area (Å²) in [5, 5.41) is 1.08. The normalized spacial score (nSPS) is 11.5. The van der Waals surface area contributed by atoms with E-state index in [-0.39, 0.29) is 37.0 Å². The standard InChI is InChI=1S/C31H36ClNO7/c1-7-22(8-2)38-27(34)15-16-28(35)39-23-13-14-26-25(17-23)24(18-29(36)40-31(4,5)6)19(3)33(26)30(37)20-9-11-21(32)12-10-20/h9-14,17,22H,7-8,15-16,18H2,1-6H3. The van der Waals surface area contributed by atoms with Gasteiger partial charge in [0.15, 0.2) is 0 Å². The van der Waals surface area contributed by atoms with Crippen molar-refractivity contribution in [1.29, 1.82) is 0 Å². The summed E-state index contributed by atoms with van der Waals surface area (Å²) >= 11 is 6.00. The Morgan fingerprint density at radius 2 is 1.52 bits per heavy atom. The minimum absolute atomic E-state index is 0.0836. The van der Waals surface area contributed by atoms with Crippen LogP contribution in [0.25, 0.3) is 10.9 Å². The number of rotatable bonds is 10. The average Bonchev–Trinajstić information content (AvgIpc) is 3.15. The van der Waals surface area contributed by atoms with Gasteiger partial charge in [-0.2, -0.15) is 0 Å². The Kier molecular flexibility index (Phi) is 10.1. The Morgan fingerprint density at radius 3 is 2.12 bits per heavy atom. The molecule has 0 saturated carbocycles. The molecule has 0 aliphatic heterocycles. The third-order valence-corrected chi connectivity index (χ3v) is 6.57. The van der Waals surface area contributed by atoms with Gasteiger partial charge in [-0.3, -0.25) is 23.7 Å². The zero-order valence-electron chi connectivity index (χ0n) is 23.8. The molecule has 0 unspecified atom stereocenters. The van der Waals surface area contributed by atoms with Gasteiger partial charge in [-0.1, -0.05) is 25.4 Å². The van der Waals surface area contributed by atoms with Gasteiger partial charge >= 0.3 is 17.9 Å². The molecule has 0 aliphatic carbocycles. The number of esters is 3. The monoisotopic (exact) mass is 569 g/mol. The van der Waals surface area contributed by atoms with E-state index in [9.17, 15) is 19.2 Å². The van der Waals surface area contributed by atoms with Crippen LogP contribution in [0, 0.1) is 6.92 Å². The number of carbonyl (C=O) groups excluding carboxylic acids is 4. The van der Waals surface area contributed by atoms with Crippen LogP contribution in [0.5, 0.6) is 5.75 Å². The smallest absolute Gasteiger partial charge is 0.311 e. The van der Waals surface area contributed by atoms with Gasteiger partial charge in [-0.05, 0) is 88.6 Å². The van der Waals surface area contributed by atoms with E-state index < -0.39 is 23.5 Å². The van der Waals surface area contributed by atoms with E-state index in [0.717, 1.165) is 0 Å². The van der Waals surface area contributed by atoms with Gasteiger partial charge in [-0.15, -0.1) is 0 Å². The van der Waals surface area contributed by atoms with Gasteiger partial charge in [0, 0.05) is 21.7 Å². The molecule has 2 aromatic carbocycles. The lowest BCUT2D eigenvalue weighted by molar-refractivity contribution is -0.154. The van der Waals surface area contributed by atoms with Crippen LogP contribution in [0.3, 0.4) is 0 Å². The van der Waals surface area contributed by atoms with Crippen molar-refractivity contribution in [2.24, 2.45) is 0 Å². The van der Waals surface area contributed by atoms with Crippen LogP contribution in [-0.4, -0.2) is 40.1 Å². The van der Waals surface area contributed by atoms with Crippen molar-refractivity contribution in [3.05, 3.63) is 64.3 Å². The second-order valence-corrected chi connectivity index (χ2v) is 11.0. The summed E-state index contributed by atoms with van der Waals surface area (Å²) in [5.74, 6) is -1.56. The topological polar surface area (TPSA) is 101 Å². The fraction of sp³-hybridized carbons (Fsp3) is 0.419. The zero-order chi connectivity index (χ0) is 29.6. The first-order valence-corrected chi connectivity index (χ1v) is 13.8. The largest absolute Gasteiger partial charge is 0.462 e. The second-order valence-electron chi connectivity index (χ2n) is 10.6. The molecule has 0 atom stereocenters. The highest BCUT2D eigenvalue weighted by Crippen LogP contribution is 2.31. The van der Waals surface area contributed by atoms with Crippen molar-refractivity contribution >= 4 is 46.3 Å². The van der Waals surface area contributed by atoms with Crippen LogP contribution < -0.4 is 4.74 Å². The van der Waals surface area contributed by atoms with Crippen molar-refractivity contribution in [2.45, 2.75) is 85.4 Å². The first-order chi connectivity index (χ1) is 18.8. The number of benzene rings is 2. The van der Waals surface area contributed by atoms with Gasteiger partial charge in [-0.25, -0.2) is 0 Å². The third kappa shape index (κ3) is 7.94. The van der Waals surface area contributed by atoms with Gasteiger partial charge in [0.05, 0.1) is 24.8 Å². The molecule has 0 N–H and O–H groups in total. The van der Waals surface area contributed by atoms with E-state index in [4.69, 9.17) is 25.8 Å². The van der Waals surface area contributed by atoms with Crippen molar-refractivity contribution in [1.82, 2.24) is 4.57 Å². The van der Waals surface area contributed by atoms with Crippen LogP contribution in [0.2, 0.25) is 5.02 Å². The molecule has 8 nitrogen and oxygen atoms in total. The van der Waals surface area contributed by atoms with Crippen LogP contribution >= 0.6 is 11.6 Å². The molecule has 0 amide bonds. The minimum atomic E-state index is -0.682. The maximum Gasteiger partial charge on any atom is 0.311 e. The molecular formula is C31H36ClNO7. The summed E-state index contributed by atoms with van der Waals surface area (Å²) in [5.41, 5.74) is 1.43. The number of halogens is 1. The van der Waals surface area contributed by atoms with Crippen LogP contribution in [0.4, 0.5) is 0 Å². The van der Waals surface area contributed by atoms with Crippen molar-refractivity contribution < 1.29 is 33.4 Å². The van der Waals surface area contributed by atoms with Crippen LogP contribution in [-0.2, 0) is 30.3 Å². The Balaban J connectivity index is 1.91. The predicted molar refractivity (Wildman–Crippen MR) is 153 cm³/mol. The molecule has 1 heterocycles. The summed E-state index contributed by atoms with van der Waals surface area (Å²) < 4.78 is 17.9. The molecule has 9 heteroatoms. The van der Waals surface area contributed by atoms with Gasteiger partial charge in [0.1, 0.15) is 17.5 Å². The number of hydrogen-bond donors (Lipinski definition) is 0. The Bertz CT molecular complexity index is 1400. The van der Waals surface area contributed by atoms with Crippen LogP contribution in [0.15, 0.2) is 42.5 Å². The number of ether oxygens (including phenoxy) is 3. The van der Waals surface area contributed by atoms with Gasteiger partial charge in [0.2, 0.25) is 0 Å². The number of nitrogens with zero attached hydrogens (tertiary/aromatic N) is 1. The molecule has 3 rings (SSSR count). The maximum absolute atomic E-state index is 13.5. The van der Waals surface area contributed by atoms with E-state index in [2.05, 4.69) is 0 Å². The van der Waals surface area contributed by atoms with E-state index in [1.54, 1.807) is 70.2 Å². The van der Waals surface area contributed by atoms with Crippen molar-refractivity contribution in [3.63, 3.8) is 0 Å². The molecule has 0 fully saturated rings. The minimum Gasteiger partial charge on any atom is -0.462 e. The third-order valence-electron chi connectivity index (χ3n) is 6.32. The van der Waals surface area contributed by atoms with Crippen molar-refractivity contribution in [2.75, 3.05) is 0 Å². The average molecular weight is 570 g/mol. The molecule has 40 heavy (non-hydrogen) atoms. The molecular weight excluding hydrogens is 534 g/mol. The number of aromatic nitrogens is 1. The van der Waals surface area contributed by atoms with Gasteiger partial charge < -0.3 is 14.2 Å². The van der Waals surface area contributed by atoms with E-state index in [1.165, 1.54) is 4.57 Å². The first-order valence-electron chi connectivity index (χ1n) is 13.4. The van der Waals surface area contributed by atoms with E-state index in [0.29, 0.717) is 45.6 Å². The second kappa shape index (κ2) is 13.1. The predicted octanol–water partition coefficient (Wildman–Crippen LogP) is 6.59. The fourth-order valence-corrected chi connectivity index (χ4v) is 4.47. The summed E-state index contributed by atoms with van der Waals surface area (Å²) in [6.45, 7) is 11.0. The molecule has 0 bridgehead atoms. The maximum atomic E-state index is 13.5. The highest BCUT2D eigenvalue weighted by Gasteiger charge is 2.25. The Morgan fingerprint density at radius 1 is 0.900 bits per heavy atom. The molecule has 0 saturated heterocycles. The Hall–Kier alpha value is -3.65. The zero-order valence-corrected chi connectivity index (χ0v) is 24.6. The van der Waals surface area contributed by atoms with Crippen molar-refractivity contribution in [3.8, 4) is 5.75 Å².